The third-order valence-corrected chi connectivity index (χ3v) is 12.5. The second-order valence-electron chi connectivity index (χ2n) is 14.6. The van der Waals surface area contributed by atoms with Crippen LogP contribution >= 0.6 is 11.6 Å². The molecule has 1 saturated heterocycles. The third kappa shape index (κ3) is 9.72. The summed E-state index contributed by atoms with van der Waals surface area (Å²) in [5, 5.41) is 5.13. The van der Waals surface area contributed by atoms with Crippen molar-refractivity contribution in [3.05, 3.63) is 67.3 Å². The molecule has 1 aromatic heterocycles. The first-order chi connectivity index (χ1) is 28.2. The molecule has 3 aliphatic rings. The molecule has 16 nitrogen and oxygen atoms in total. The summed E-state index contributed by atoms with van der Waals surface area (Å²) < 4.78 is 44.8. The first-order valence-electron chi connectivity index (χ1n) is 18.9. The van der Waals surface area contributed by atoms with Gasteiger partial charge in [-0.2, -0.15) is 0 Å². The number of terminal acetylenes is 1. The molecule has 3 fully saturated rings. The highest BCUT2D eigenvalue weighted by molar-refractivity contribution is 7.91. The second-order valence-corrected chi connectivity index (χ2v) is 16.9. The van der Waals surface area contributed by atoms with Gasteiger partial charge < -0.3 is 34.6 Å². The van der Waals surface area contributed by atoms with Gasteiger partial charge in [-0.25, -0.2) is 18.2 Å². The maximum absolute atomic E-state index is 14.6. The van der Waals surface area contributed by atoms with E-state index in [0.717, 1.165) is 5.56 Å². The number of halogens is 1. The quantitative estimate of drug-likeness (QED) is 0.102. The summed E-state index contributed by atoms with van der Waals surface area (Å²) in [5.74, 6) is -0.343. The van der Waals surface area contributed by atoms with E-state index in [-0.39, 0.29) is 38.2 Å². The monoisotopic (exact) mass is 848 g/mol. The van der Waals surface area contributed by atoms with E-state index < -0.39 is 81.2 Å². The van der Waals surface area contributed by atoms with Gasteiger partial charge >= 0.3 is 6.09 Å². The molecule has 59 heavy (non-hydrogen) atoms. The Morgan fingerprint density at radius 2 is 1.90 bits per heavy atom. The summed E-state index contributed by atoms with van der Waals surface area (Å²) in [7, 11) is -1.00. The molecule has 5 atom stereocenters. The molecule has 5 amide bonds. The standard InChI is InChI=1S/C41H45ClN6O10S/c1-5-18-57-40(53)44-33(24-47(3)36(49)16-17-42)38(51)48-23-28(20-34(48)37(50)45-41(22-26(41)6-2)39(52)46-59(54,55)29-13-14-29)58-35-21-31(25-10-8-7-9-11-25)43-32-19-27(56-4)12-15-30(32)35/h1,6-12,15,19,21,26,28-29,33-34H,2,13-14,16-18,20,22-24H2,3-4H3,(H,44,53)(H,45,50)(H,46,52)/t26-,28-,33-,34+,41-/m1/s1. The van der Waals surface area contributed by atoms with E-state index in [2.05, 4.69) is 27.9 Å². The summed E-state index contributed by atoms with van der Waals surface area (Å²) >= 11 is 5.80. The number of hydrogen-bond donors (Lipinski definition) is 3. The number of carbonyl (C=O) groups is 5. The number of nitrogens with one attached hydrogen (secondary N) is 3. The zero-order valence-corrected chi connectivity index (χ0v) is 34.1. The largest absolute Gasteiger partial charge is 0.497 e. The predicted molar refractivity (Wildman–Crippen MR) is 218 cm³/mol. The van der Waals surface area contributed by atoms with Gasteiger partial charge in [-0.3, -0.25) is 23.9 Å². The summed E-state index contributed by atoms with van der Waals surface area (Å²) in [4.78, 5) is 75.5. The van der Waals surface area contributed by atoms with Gasteiger partial charge in [0.1, 0.15) is 35.2 Å². The van der Waals surface area contributed by atoms with E-state index in [1.807, 2.05) is 30.3 Å². The van der Waals surface area contributed by atoms with Gasteiger partial charge in [0.05, 0.1) is 30.1 Å². The second kappa shape index (κ2) is 18.0. The Balaban J connectivity index is 1.35. The molecule has 18 heteroatoms. The molecular weight excluding hydrogens is 804 g/mol. The van der Waals surface area contributed by atoms with Crippen LogP contribution < -0.4 is 24.8 Å². The Morgan fingerprint density at radius 3 is 2.54 bits per heavy atom. The Hall–Kier alpha value is -5.86. The number of methoxy groups -OCH3 is 1. The maximum atomic E-state index is 14.6. The van der Waals surface area contributed by atoms with Crippen molar-refractivity contribution in [1.29, 1.82) is 0 Å². The molecule has 0 unspecified atom stereocenters. The lowest BCUT2D eigenvalue weighted by Crippen LogP contribution is -2.59. The van der Waals surface area contributed by atoms with Crippen molar-refractivity contribution in [2.75, 3.05) is 39.7 Å². The van der Waals surface area contributed by atoms with Gasteiger partial charge in [-0.1, -0.05) is 42.3 Å². The number of alkyl carbamates (subject to hydrolysis) is 1. The van der Waals surface area contributed by atoms with Gasteiger partial charge in [-0.15, -0.1) is 24.6 Å². The van der Waals surface area contributed by atoms with Crippen molar-refractivity contribution >= 4 is 62.2 Å². The minimum atomic E-state index is -3.97. The van der Waals surface area contributed by atoms with Crippen LogP contribution in [0.2, 0.25) is 0 Å². The van der Waals surface area contributed by atoms with Crippen LogP contribution in [-0.4, -0.2) is 122 Å². The van der Waals surface area contributed by atoms with Crippen LogP contribution in [0.5, 0.6) is 11.5 Å². The molecule has 3 aromatic rings. The van der Waals surface area contributed by atoms with E-state index in [4.69, 9.17) is 37.2 Å². The van der Waals surface area contributed by atoms with Crippen LogP contribution in [0, 0.1) is 18.3 Å². The van der Waals surface area contributed by atoms with Crippen LogP contribution in [0.15, 0.2) is 67.3 Å². The number of ether oxygens (including phenoxy) is 3. The summed E-state index contributed by atoms with van der Waals surface area (Å²) in [6.07, 6.45) is 5.59. The Bertz CT molecular complexity index is 2280. The highest BCUT2D eigenvalue weighted by Crippen LogP contribution is 2.45. The van der Waals surface area contributed by atoms with Gasteiger partial charge in [0.2, 0.25) is 27.7 Å². The van der Waals surface area contributed by atoms with E-state index >= 15 is 0 Å². The topological polar surface area (TPSA) is 203 Å². The molecule has 0 radical (unpaired) electrons. The first-order valence-corrected chi connectivity index (χ1v) is 21.0. The molecule has 2 saturated carbocycles. The minimum Gasteiger partial charge on any atom is -0.497 e. The van der Waals surface area contributed by atoms with Crippen molar-refractivity contribution in [1.82, 2.24) is 30.1 Å². The molecule has 6 rings (SSSR count). The fourth-order valence-corrected chi connectivity index (χ4v) is 8.58. The van der Waals surface area contributed by atoms with Crippen molar-refractivity contribution < 1.29 is 46.6 Å². The van der Waals surface area contributed by atoms with E-state index in [1.165, 1.54) is 30.0 Å². The van der Waals surface area contributed by atoms with Crippen LogP contribution in [0.25, 0.3) is 22.2 Å². The summed E-state index contributed by atoms with van der Waals surface area (Å²) in [6.45, 7) is 2.84. The number of likely N-dealkylation sites (N-methyl/N-ethyl adjacent to an activating group) is 1. The lowest BCUT2D eigenvalue weighted by molar-refractivity contribution is -0.142. The maximum Gasteiger partial charge on any atom is 0.408 e. The highest BCUT2D eigenvalue weighted by Gasteiger charge is 2.62. The van der Waals surface area contributed by atoms with E-state index in [1.54, 1.807) is 24.3 Å². The fraction of sp³-hybridized carbons (Fsp3) is 0.415. The number of hydrogen-bond acceptors (Lipinski definition) is 11. The number of aromatic nitrogens is 1. The Morgan fingerprint density at radius 1 is 1.15 bits per heavy atom. The number of pyridine rings is 1. The number of rotatable bonds is 17. The molecule has 312 valence electrons. The zero-order valence-electron chi connectivity index (χ0n) is 32.5. The van der Waals surface area contributed by atoms with Crippen molar-refractivity contribution in [2.24, 2.45) is 5.92 Å². The molecule has 0 bridgehead atoms. The van der Waals surface area contributed by atoms with Gasteiger partial charge in [0, 0.05) is 61.3 Å². The van der Waals surface area contributed by atoms with E-state index in [0.29, 0.717) is 40.9 Å². The summed E-state index contributed by atoms with van der Waals surface area (Å²) in [6, 6.07) is 13.7. The first kappa shape index (κ1) is 42.7. The smallest absolute Gasteiger partial charge is 0.408 e. The van der Waals surface area contributed by atoms with Crippen LogP contribution in [0.1, 0.15) is 32.1 Å². The van der Waals surface area contributed by atoms with Crippen LogP contribution in [0.3, 0.4) is 0 Å². The van der Waals surface area contributed by atoms with Gasteiger partial charge in [0.25, 0.3) is 5.91 Å². The lowest BCUT2D eigenvalue weighted by Gasteiger charge is -2.31. The number of alkyl halides is 1. The van der Waals surface area contributed by atoms with Crippen molar-refractivity contribution in [3.63, 3.8) is 0 Å². The fourth-order valence-electron chi connectivity index (χ4n) is 7.06. The number of fused-ring (bicyclic) bond motifs is 1. The highest BCUT2D eigenvalue weighted by atomic mass is 35.5. The SMILES string of the molecule is C#CCOC(=O)N[C@H](CN(C)C(=O)CCCl)C(=O)N1C[C@H](Oc2cc(-c3ccccc3)nc3cc(OC)ccc23)C[C@H]1C(=O)N[C@]1(C(=O)NS(=O)(=O)C2CC2)C[C@H]1C=C. The number of benzene rings is 2. The minimum absolute atomic E-state index is 0.0122. The lowest BCUT2D eigenvalue weighted by atomic mass is 10.1. The molecule has 2 aromatic carbocycles. The number of likely N-dealkylation sites (tertiary alicyclic amines) is 1. The number of carbonyl (C=O) groups excluding carboxylic acids is 5. The predicted octanol–water partition coefficient (Wildman–Crippen LogP) is 2.74. The Labute approximate surface area is 347 Å². The molecule has 2 heterocycles. The van der Waals surface area contributed by atoms with Crippen molar-refractivity contribution in [2.45, 2.75) is 61.1 Å². The van der Waals surface area contributed by atoms with Gasteiger partial charge in [0.15, 0.2) is 6.61 Å². The zero-order chi connectivity index (χ0) is 42.5. The molecule has 2 aliphatic carbocycles. The Kier molecular flexibility index (Phi) is 13.0. The van der Waals surface area contributed by atoms with Crippen LogP contribution in [0.4, 0.5) is 4.79 Å². The normalized spacial score (nSPS) is 21.3. The number of sulfonamides is 1. The number of nitrogens with zero attached hydrogens (tertiary/aromatic N) is 3. The average molecular weight is 849 g/mol. The average Bonchev–Trinajstić information content (AvgIpc) is 4.16. The molecule has 0 spiro atoms. The molecule has 3 N–H and O–H groups in total. The molecule has 1 aliphatic heterocycles. The molecular formula is C41H45ClN6O10S. The third-order valence-electron chi connectivity index (χ3n) is 10.5. The summed E-state index contributed by atoms with van der Waals surface area (Å²) in [5.41, 5.74) is 0.289. The van der Waals surface area contributed by atoms with Gasteiger partial charge in [-0.05, 0) is 31.4 Å². The number of amides is 5. The van der Waals surface area contributed by atoms with Crippen molar-refractivity contribution in [3.8, 4) is 35.1 Å². The van der Waals surface area contributed by atoms with Crippen LogP contribution in [-0.2, 0) is 33.9 Å². The van der Waals surface area contributed by atoms with E-state index in [9.17, 15) is 32.4 Å².